The van der Waals surface area contributed by atoms with Crippen molar-refractivity contribution in [3.05, 3.63) is 33.3 Å². The number of thiophene rings is 1. The smallest absolute Gasteiger partial charge is 0.100 e. The average molecular weight is 246 g/mol. The molecule has 0 aliphatic heterocycles. The van der Waals surface area contributed by atoms with E-state index in [1.807, 2.05) is 37.0 Å². The molecule has 4 nitrogen and oxygen atoms in total. The second-order valence-corrected chi connectivity index (χ2v) is 4.93. The summed E-state index contributed by atoms with van der Waals surface area (Å²) in [6.07, 6.45) is 0. The van der Waals surface area contributed by atoms with Crippen molar-refractivity contribution in [2.24, 2.45) is 7.05 Å². The molecule has 0 aliphatic rings. The molecule has 0 aliphatic carbocycles. The zero-order valence-electron chi connectivity index (χ0n) is 10.1. The van der Waals surface area contributed by atoms with Crippen molar-refractivity contribution in [2.75, 3.05) is 5.32 Å². The van der Waals surface area contributed by atoms with Gasteiger partial charge in [0, 0.05) is 23.8 Å². The molecular formula is C12H14N4S. The SMILES string of the molecule is Cc1nn(C)c(C)c1NCc1cc(C#N)cs1. The Bertz CT molecular complexity index is 574. The maximum Gasteiger partial charge on any atom is 0.100 e. The summed E-state index contributed by atoms with van der Waals surface area (Å²) >= 11 is 1.60. The normalized spacial score (nSPS) is 10.2. The third kappa shape index (κ3) is 2.32. The van der Waals surface area contributed by atoms with Crippen molar-refractivity contribution in [1.29, 1.82) is 5.26 Å². The Balaban J connectivity index is 2.10. The lowest BCUT2D eigenvalue weighted by Gasteiger charge is -2.04. The molecule has 2 heterocycles. The first kappa shape index (κ1) is 11.7. The van der Waals surface area contributed by atoms with E-state index < -0.39 is 0 Å². The van der Waals surface area contributed by atoms with Crippen LogP contribution in [0.25, 0.3) is 0 Å². The van der Waals surface area contributed by atoms with E-state index in [-0.39, 0.29) is 0 Å². The Morgan fingerprint density at radius 1 is 1.53 bits per heavy atom. The van der Waals surface area contributed by atoms with Crippen molar-refractivity contribution >= 4 is 17.0 Å². The molecule has 2 aromatic rings. The monoisotopic (exact) mass is 246 g/mol. The lowest BCUT2D eigenvalue weighted by molar-refractivity contribution is 0.731. The van der Waals surface area contributed by atoms with E-state index in [0.717, 1.165) is 34.1 Å². The van der Waals surface area contributed by atoms with Crippen LogP contribution in [0.5, 0.6) is 0 Å². The molecule has 0 aromatic carbocycles. The topological polar surface area (TPSA) is 53.6 Å². The van der Waals surface area contributed by atoms with Crippen LogP contribution < -0.4 is 5.32 Å². The van der Waals surface area contributed by atoms with Crippen LogP contribution in [0.3, 0.4) is 0 Å². The molecule has 5 heteroatoms. The van der Waals surface area contributed by atoms with Gasteiger partial charge in [0.2, 0.25) is 0 Å². The van der Waals surface area contributed by atoms with Gasteiger partial charge in [0.05, 0.1) is 22.6 Å². The number of nitriles is 1. The molecule has 0 radical (unpaired) electrons. The van der Waals surface area contributed by atoms with Gasteiger partial charge in [0.1, 0.15) is 6.07 Å². The van der Waals surface area contributed by atoms with E-state index in [1.54, 1.807) is 11.3 Å². The maximum atomic E-state index is 8.75. The minimum absolute atomic E-state index is 0.728. The van der Waals surface area contributed by atoms with Crippen molar-refractivity contribution in [2.45, 2.75) is 20.4 Å². The van der Waals surface area contributed by atoms with Crippen LogP contribution in [-0.4, -0.2) is 9.78 Å². The average Bonchev–Trinajstić information content (AvgIpc) is 2.84. The van der Waals surface area contributed by atoms with Gasteiger partial charge in [0.15, 0.2) is 0 Å². The predicted molar refractivity (Wildman–Crippen MR) is 69.0 cm³/mol. The number of rotatable bonds is 3. The number of hydrogen-bond donors (Lipinski definition) is 1. The van der Waals surface area contributed by atoms with Crippen LogP contribution in [0.1, 0.15) is 21.8 Å². The molecule has 2 rings (SSSR count). The molecule has 0 amide bonds. The largest absolute Gasteiger partial charge is 0.377 e. The van der Waals surface area contributed by atoms with Gasteiger partial charge in [-0.25, -0.2) is 0 Å². The lowest BCUT2D eigenvalue weighted by atomic mass is 10.3. The van der Waals surface area contributed by atoms with Gasteiger partial charge in [-0.1, -0.05) is 0 Å². The Labute approximate surface area is 105 Å². The second kappa shape index (κ2) is 4.60. The van der Waals surface area contributed by atoms with Crippen LogP contribution in [0.15, 0.2) is 11.4 Å². The number of nitrogens with one attached hydrogen (secondary N) is 1. The number of hydrogen-bond acceptors (Lipinski definition) is 4. The van der Waals surface area contributed by atoms with E-state index in [9.17, 15) is 0 Å². The molecule has 2 aromatic heterocycles. The molecule has 0 bridgehead atoms. The van der Waals surface area contributed by atoms with Crippen LogP contribution in [0.4, 0.5) is 5.69 Å². The van der Waals surface area contributed by atoms with E-state index in [4.69, 9.17) is 5.26 Å². The summed E-state index contributed by atoms with van der Waals surface area (Å²) in [6, 6.07) is 4.05. The minimum atomic E-state index is 0.728. The fraction of sp³-hybridized carbons (Fsp3) is 0.333. The van der Waals surface area contributed by atoms with E-state index >= 15 is 0 Å². The molecule has 17 heavy (non-hydrogen) atoms. The van der Waals surface area contributed by atoms with E-state index in [2.05, 4.69) is 16.5 Å². The van der Waals surface area contributed by atoms with Crippen LogP contribution >= 0.6 is 11.3 Å². The first-order valence-electron chi connectivity index (χ1n) is 5.33. The molecule has 0 atom stereocenters. The number of aromatic nitrogens is 2. The highest BCUT2D eigenvalue weighted by Crippen LogP contribution is 2.21. The van der Waals surface area contributed by atoms with Crippen LogP contribution in [-0.2, 0) is 13.6 Å². The van der Waals surface area contributed by atoms with Crippen molar-refractivity contribution < 1.29 is 0 Å². The molecule has 0 saturated carbocycles. The Morgan fingerprint density at radius 2 is 2.29 bits per heavy atom. The first-order valence-corrected chi connectivity index (χ1v) is 6.21. The van der Waals surface area contributed by atoms with Gasteiger partial charge < -0.3 is 5.32 Å². The Hall–Kier alpha value is -1.80. The molecule has 0 spiro atoms. The van der Waals surface area contributed by atoms with Crippen molar-refractivity contribution in [1.82, 2.24) is 9.78 Å². The summed E-state index contributed by atoms with van der Waals surface area (Å²) in [6.45, 7) is 4.77. The molecule has 0 fully saturated rings. The molecule has 1 N–H and O–H groups in total. The first-order chi connectivity index (χ1) is 8.11. The van der Waals surface area contributed by atoms with Crippen molar-refractivity contribution in [3.63, 3.8) is 0 Å². The maximum absolute atomic E-state index is 8.75. The summed E-state index contributed by atoms with van der Waals surface area (Å²) in [4.78, 5) is 1.16. The summed E-state index contributed by atoms with van der Waals surface area (Å²) < 4.78 is 1.87. The van der Waals surface area contributed by atoms with E-state index in [1.165, 1.54) is 0 Å². The minimum Gasteiger partial charge on any atom is -0.377 e. The standard InChI is InChI=1S/C12H14N4S/c1-8-12(9(2)16(3)15-8)14-6-11-4-10(5-13)7-17-11/h4,7,14H,6H2,1-3H3. The highest BCUT2D eigenvalue weighted by atomic mass is 32.1. The fourth-order valence-electron chi connectivity index (χ4n) is 1.74. The number of aryl methyl sites for hydroxylation is 2. The van der Waals surface area contributed by atoms with Crippen LogP contribution in [0.2, 0.25) is 0 Å². The summed E-state index contributed by atoms with van der Waals surface area (Å²) in [7, 11) is 1.94. The van der Waals surface area contributed by atoms with Gasteiger partial charge in [-0.05, 0) is 19.9 Å². The predicted octanol–water partition coefficient (Wildman–Crippen LogP) is 2.58. The third-order valence-corrected chi connectivity index (χ3v) is 3.67. The van der Waals surface area contributed by atoms with Crippen LogP contribution in [0, 0.1) is 25.2 Å². The Morgan fingerprint density at radius 3 is 2.82 bits per heavy atom. The Kier molecular flexibility index (Phi) is 3.16. The summed E-state index contributed by atoms with van der Waals surface area (Å²) in [5.74, 6) is 0. The van der Waals surface area contributed by atoms with Gasteiger partial charge in [-0.3, -0.25) is 4.68 Å². The second-order valence-electron chi connectivity index (χ2n) is 3.94. The van der Waals surface area contributed by atoms with Gasteiger partial charge >= 0.3 is 0 Å². The zero-order chi connectivity index (χ0) is 12.4. The highest BCUT2D eigenvalue weighted by molar-refractivity contribution is 7.10. The molecular weight excluding hydrogens is 232 g/mol. The fourth-order valence-corrected chi connectivity index (χ4v) is 2.49. The summed E-state index contributed by atoms with van der Waals surface area (Å²) in [5.41, 5.74) is 3.94. The molecule has 88 valence electrons. The quantitative estimate of drug-likeness (QED) is 0.905. The molecule has 0 saturated heterocycles. The van der Waals surface area contributed by atoms with Gasteiger partial charge in [-0.15, -0.1) is 11.3 Å². The van der Waals surface area contributed by atoms with E-state index in [0.29, 0.717) is 0 Å². The number of nitrogens with zero attached hydrogens (tertiary/aromatic N) is 3. The van der Waals surface area contributed by atoms with Gasteiger partial charge in [-0.2, -0.15) is 10.4 Å². The summed E-state index contributed by atoms with van der Waals surface area (Å²) in [5, 5.41) is 18.3. The molecule has 0 unspecified atom stereocenters. The third-order valence-electron chi connectivity index (χ3n) is 2.73. The number of anilines is 1. The van der Waals surface area contributed by atoms with Gasteiger partial charge in [0.25, 0.3) is 0 Å². The van der Waals surface area contributed by atoms with Crippen molar-refractivity contribution in [3.8, 4) is 6.07 Å². The lowest BCUT2D eigenvalue weighted by Crippen LogP contribution is -2.00. The highest BCUT2D eigenvalue weighted by Gasteiger charge is 2.09. The zero-order valence-corrected chi connectivity index (χ0v) is 10.9.